The third kappa shape index (κ3) is 3.31. The number of carboxylic acids is 1. The van der Waals surface area contributed by atoms with Gasteiger partial charge in [-0.3, -0.25) is 0 Å². The second-order valence-corrected chi connectivity index (χ2v) is 7.08. The number of aliphatic hydroxyl groups excluding tert-OH is 1. The molecule has 1 aliphatic rings. The van der Waals surface area contributed by atoms with Gasteiger partial charge in [0.05, 0.1) is 9.89 Å². The number of β-amino-alcohol motifs (C(OH)–C–C–N with tert-alkyl or cyclic N) is 1. The zero-order valence-corrected chi connectivity index (χ0v) is 13.2. The SMILES string of the molecule is CN(Cc1csc(Br)c1)C(=O)N1CC(O)CC1C(=O)O. The van der Waals surface area contributed by atoms with E-state index in [4.69, 9.17) is 5.11 Å². The number of carbonyl (C=O) groups is 2. The van der Waals surface area contributed by atoms with Gasteiger partial charge in [0.1, 0.15) is 6.04 Å². The minimum Gasteiger partial charge on any atom is -0.480 e. The molecular formula is C12H15BrN2O4S. The van der Waals surface area contributed by atoms with E-state index in [1.165, 1.54) is 21.1 Å². The number of halogens is 1. The lowest BCUT2D eigenvalue weighted by molar-refractivity contribution is -0.141. The summed E-state index contributed by atoms with van der Waals surface area (Å²) in [6.07, 6.45) is -0.692. The Morgan fingerprint density at radius 2 is 2.30 bits per heavy atom. The van der Waals surface area contributed by atoms with Gasteiger partial charge in [-0.2, -0.15) is 0 Å². The summed E-state index contributed by atoms with van der Waals surface area (Å²) >= 11 is 4.88. The average Bonchev–Trinajstić information content (AvgIpc) is 2.94. The number of nitrogens with zero attached hydrogens (tertiary/aromatic N) is 2. The number of rotatable bonds is 3. The van der Waals surface area contributed by atoms with Crippen LogP contribution in [-0.2, 0) is 11.3 Å². The molecule has 1 aliphatic heterocycles. The summed E-state index contributed by atoms with van der Waals surface area (Å²) in [6, 6.07) is 0.590. The zero-order valence-electron chi connectivity index (χ0n) is 10.8. The highest BCUT2D eigenvalue weighted by atomic mass is 79.9. The Kier molecular flexibility index (Phi) is 4.66. The van der Waals surface area contributed by atoms with Crippen LogP contribution in [0.3, 0.4) is 0 Å². The van der Waals surface area contributed by atoms with Crippen molar-refractivity contribution in [1.29, 1.82) is 0 Å². The molecule has 2 amide bonds. The van der Waals surface area contributed by atoms with E-state index in [9.17, 15) is 14.7 Å². The van der Waals surface area contributed by atoms with Gasteiger partial charge in [-0.15, -0.1) is 11.3 Å². The Morgan fingerprint density at radius 3 is 2.85 bits per heavy atom. The smallest absolute Gasteiger partial charge is 0.326 e. The number of aliphatic hydroxyl groups is 1. The second-order valence-electron chi connectivity index (χ2n) is 4.79. The molecule has 110 valence electrons. The van der Waals surface area contributed by atoms with Crippen molar-refractivity contribution in [3.8, 4) is 0 Å². The lowest BCUT2D eigenvalue weighted by atomic mass is 10.2. The Balaban J connectivity index is 2.04. The van der Waals surface area contributed by atoms with E-state index < -0.39 is 18.1 Å². The molecule has 8 heteroatoms. The summed E-state index contributed by atoms with van der Waals surface area (Å²) in [4.78, 5) is 26.1. The summed E-state index contributed by atoms with van der Waals surface area (Å²) in [7, 11) is 1.62. The van der Waals surface area contributed by atoms with E-state index in [-0.39, 0.29) is 19.0 Å². The van der Waals surface area contributed by atoms with Gasteiger partial charge in [0.25, 0.3) is 0 Å². The number of carboxylic acid groups (broad SMARTS) is 1. The summed E-state index contributed by atoms with van der Waals surface area (Å²) in [5, 5.41) is 20.6. The van der Waals surface area contributed by atoms with Crippen molar-refractivity contribution >= 4 is 39.3 Å². The van der Waals surface area contributed by atoms with Gasteiger partial charge in [0.2, 0.25) is 0 Å². The second kappa shape index (κ2) is 6.11. The maximum atomic E-state index is 12.3. The standard InChI is InChI=1S/C12H15BrN2O4S/c1-14(4-7-2-10(13)20-6-7)12(19)15-5-8(16)3-9(15)11(17)18/h2,6,8-9,16H,3-5H2,1H3,(H,17,18). The Morgan fingerprint density at radius 1 is 1.60 bits per heavy atom. The average molecular weight is 363 g/mol. The number of likely N-dealkylation sites (tertiary alicyclic amines) is 1. The molecule has 2 rings (SSSR count). The Labute approximate surface area is 128 Å². The first-order valence-corrected chi connectivity index (χ1v) is 7.71. The Hall–Kier alpha value is -1.12. The fourth-order valence-corrected chi connectivity index (χ4v) is 3.45. The van der Waals surface area contributed by atoms with Crippen LogP contribution in [-0.4, -0.2) is 57.8 Å². The van der Waals surface area contributed by atoms with Gasteiger partial charge in [-0.1, -0.05) is 0 Å². The van der Waals surface area contributed by atoms with E-state index in [1.54, 1.807) is 7.05 Å². The van der Waals surface area contributed by atoms with Gasteiger partial charge < -0.3 is 20.0 Å². The van der Waals surface area contributed by atoms with Crippen LogP contribution >= 0.6 is 27.3 Å². The number of carbonyl (C=O) groups excluding carboxylic acids is 1. The van der Waals surface area contributed by atoms with Crippen molar-refractivity contribution in [1.82, 2.24) is 9.80 Å². The highest BCUT2D eigenvalue weighted by Crippen LogP contribution is 2.23. The molecule has 2 N–H and O–H groups in total. The molecule has 0 aromatic carbocycles. The van der Waals surface area contributed by atoms with Crippen molar-refractivity contribution in [2.45, 2.75) is 25.1 Å². The summed E-state index contributed by atoms with van der Waals surface area (Å²) in [6.45, 7) is 0.466. The first kappa shape index (κ1) is 15.3. The third-order valence-electron chi connectivity index (χ3n) is 3.18. The van der Waals surface area contributed by atoms with E-state index in [1.807, 2.05) is 11.4 Å². The molecule has 2 unspecified atom stereocenters. The highest BCUT2D eigenvalue weighted by molar-refractivity contribution is 9.11. The number of hydrogen-bond acceptors (Lipinski definition) is 4. The minimum absolute atomic E-state index is 0.0630. The maximum Gasteiger partial charge on any atom is 0.326 e. The van der Waals surface area contributed by atoms with Crippen LogP contribution in [0.5, 0.6) is 0 Å². The van der Waals surface area contributed by atoms with E-state index in [0.29, 0.717) is 6.54 Å². The van der Waals surface area contributed by atoms with Crippen LogP contribution in [0.4, 0.5) is 4.79 Å². The highest BCUT2D eigenvalue weighted by Gasteiger charge is 2.40. The molecule has 0 radical (unpaired) electrons. The van der Waals surface area contributed by atoms with Crippen molar-refractivity contribution in [3.05, 3.63) is 20.8 Å². The van der Waals surface area contributed by atoms with Crippen LogP contribution in [0.1, 0.15) is 12.0 Å². The topological polar surface area (TPSA) is 81.1 Å². The van der Waals surface area contributed by atoms with Crippen LogP contribution in [0.2, 0.25) is 0 Å². The molecule has 1 aromatic heterocycles. The lowest BCUT2D eigenvalue weighted by Crippen LogP contribution is -2.46. The molecule has 6 nitrogen and oxygen atoms in total. The third-order valence-corrected chi connectivity index (χ3v) is 4.73. The van der Waals surface area contributed by atoms with Gasteiger partial charge in [-0.25, -0.2) is 9.59 Å². The summed E-state index contributed by atoms with van der Waals surface area (Å²) in [5.41, 5.74) is 0.976. The molecule has 0 saturated carbocycles. The molecule has 0 spiro atoms. The largest absolute Gasteiger partial charge is 0.480 e. The number of amides is 2. The molecule has 2 atom stereocenters. The predicted molar refractivity (Wildman–Crippen MR) is 77.6 cm³/mol. The lowest BCUT2D eigenvalue weighted by Gasteiger charge is -2.27. The van der Waals surface area contributed by atoms with Crippen LogP contribution in [0.25, 0.3) is 0 Å². The predicted octanol–water partition coefficient (Wildman–Crippen LogP) is 1.58. The summed E-state index contributed by atoms with van der Waals surface area (Å²) < 4.78 is 0.980. The van der Waals surface area contributed by atoms with Crippen LogP contribution in [0, 0.1) is 0 Å². The molecule has 20 heavy (non-hydrogen) atoms. The molecule has 1 aromatic rings. The molecular weight excluding hydrogens is 348 g/mol. The summed E-state index contributed by atoms with van der Waals surface area (Å²) in [5.74, 6) is -1.08. The fourth-order valence-electron chi connectivity index (χ4n) is 2.25. The van der Waals surface area contributed by atoms with Crippen LogP contribution in [0.15, 0.2) is 15.2 Å². The van der Waals surface area contributed by atoms with E-state index >= 15 is 0 Å². The monoisotopic (exact) mass is 362 g/mol. The quantitative estimate of drug-likeness (QED) is 0.855. The zero-order chi connectivity index (χ0) is 14.9. The Bertz CT molecular complexity index is 521. The maximum absolute atomic E-state index is 12.3. The minimum atomic E-state index is -1.08. The first-order valence-electron chi connectivity index (χ1n) is 6.04. The van der Waals surface area contributed by atoms with Gasteiger partial charge in [-0.05, 0) is 32.9 Å². The number of aliphatic carboxylic acids is 1. The molecule has 1 fully saturated rings. The molecule has 1 saturated heterocycles. The number of thiophene rings is 1. The normalized spacial score (nSPS) is 22.1. The van der Waals surface area contributed by atoms with Gasteiger partial charge in [0, 0.05) is 26.6 Å². The number of urea groups is 1. The fraction of sp³-hybridized carbons (Fsp3) is 0.500. The molecule has 2 heterocycles. The van der Waals surface area contributed by atoms with E-state index in [2.05, 4.69) is 15.9 Å². The van der Waals surface area contributed by atoms with Crippen molar-refractivity contribution in [3.63, 3.8) is 0 Å². The van der Waals surface area contributed by atoms with Crippen LogP contribution < -0.4 is 0 Å². The molecule has 0 bridgehead atoms. The number of hydrogen-bond donors (Lipinski definition) is 2. The first-order chi connectivity index (χ1) is 9.38. The van der Waals surface area contributed by atoms with Crippen molar-refractivity contribution in [2.24, 2.45) is 0 Å². The van der Waals surface area contributed by atoms with Crippen molar-refractivity contribution in [2.75, 3.05) is 13.6 Å². The molecule has 0 aliphatic carbocycles. The van der Waals surface area contributed by atoms with Gasteiger partial charge in [0.15, 0.2) is 0 Å². The van der Waals surface area contributed by atoms with E-state index in [0.717, 1.165) is 9.35 Å². The van der Waals surface area contributed by atoms with Crippen molar-refractivity contribution < 1.29 is 19.8 Å². The van der Waals surface area contributed by atoms with Gasteiger partial charge >= 0.3 is 12.0 Å².